The second-order valence-electron chi connectivity index (χ2n) is 5.88. The van der Waals surface area contributed by atoms with Crippen molar-refractivity contribution in [2.45, 2.75) is 6.92 Å². The van der Waals surface area contributed by atoms with Crippen molar-refractivity contribution in [3.05, 3.63) is 89.3 Å². The van der Waals surface area contributed by atoms with Gasteiger partial charge in [-0.2, -0.15) is 5.26 Å². The molecule has 25 heavy (non-hydrogen) atoms. The molecule has 0 N–H and O–H groups in total. The van der Waals surface area contributed by atoms with Crippen LogP contribution in [0.5, 0.6) is 0 Å². The zero-order valence-electron chi connectivity index (χ0n) is 14.2. The van der Waals surface area contributed by atoms with Crippen LogP contribution < -0.4 is 0 Å². The summed E-state index contributed by atoms with van der Waals surface area (Å²) in [7, 11) is 1.84. The molecule has 1 heterocycles. The second kappa shape index (κ2) is 7.02. The lowest BCUT2D eigenvalue weighted by molar-refractivity contribution is 0.104. The quantitative estimate of drug-likeness (QED) is 0.512. The summed E-state index contributed by atoms with van der Waals surface area (Å²) in [4.78, 5) is 12.4. The van der Waals surface area contributed by atoms with Crippen LogP contribution >= 0.6 is 0 Å². The number of carbonyl (C=O) groups is 1. The monoisotopic (exact) mass is 326 g/mol. The molecule has 0 aliphatic heterocycles. The third-order valence-electron chi connectivity index (χ3n) is 4.38. The molecule has 0 aliphatic rings. The van der Waals surface area contributed by atoms with E-state index < -0.39 is 0 Å². The lowest BCUT2D eigenvalue weighted by Gasteiger charge is -2.02. The van der Waals surface area contributed by atoms with Gasteiger partial charge in [0, 0.05) is 18.3 Å². The molecule has 3 nitrogen and oxygen atoms in total. The molecule has 2 aromatic carbocycles. The molecule has 0 bridgehead atoms. The fourth-order valence-electron chi connectivity index (χ4n) is 2.72. The van der Waals surface area contributed by atoms with Crippen molar-refractivity contribution in [1.82, 2.24) is 4.57 Å². The molecule has 3 rings (SSSR count). The van der Waals surface area contributed by atoms with E-state index in [9.17, 15) is 4.79 Å². The molecule has 3 aromatic rings. The topological polar surface area (TPSA) is 45.8 Å². The van der Waals surface area contributed by atoms with E-state index in [0.717, 1.165) is 22.4 Å². The Bertz CT molecular complexity index is 971. The van der Waals surface area contributed by atoms with Crippen LogP contribution in [0.1, 0.15) is 27.3 Å². The summed E-state index contributed by atoms with van der Waals surface area (Å²) < 4.78 is 1.82. The highest BCUT2D eigenvalue weighted by molar-refractivity contribution is 6.07. The number of aromatic nitrogens is 1. The van der Waals surface area contributed by atoms with Crippen molar-refractivity contribution in [1.29, 1.82) is 5.26 Å². The second-order valence-corrected chi connectivity index (χ2v) is 5.88. The minimum Gasteiger partial charge on any atom is -0.339 e. The Labute approximate surface area is 147 Å². The normalized spacial score (nSPS) is 10.8. The smallest absolute Gasteiger partial charge is 0.185 e. The fraction of sp³-hybridized carbons (Fsp3) is 0.0909. The molecule has 0 spiro atoms. The summed E-state index contributed by atoms with van der Waals surface area (Å²) in [5.41, 5.74) is 5.27. The van der Waals surface area contributed by atoms with E-state index in [1.807, 2.05) is 73.1 Å². The highest BCUT2D eigenvalue weighted by Gasteiger charge is 2.07. The Balaban J connectivity index is 1.79. The molecule has 1 aromatic heterocycles. The van der Waals surface area contributed by atoms with Crippen LogP contribution in [0.2, 0.25) is 0 Å². The van der Waals surface area contributed by atoms with Gasteiger partial charge in [-0.25, -0.2) is 0 Å². The van der Waals surface area contributed by atoms with Gasteiger partial charge >= 0.3 is 0 Å². The van der Waals surface area contributed by atoms with E-state index in [0.29, 0.717) is 11.3 Å². The first-order valence-corrected chi connectivity index (χ1v) is 8.04. The third-order valence-corrected chi connectivity index (χ3v) is 4.38. The maximum absolute atomic E-state index is 12.4. The number of carbonyl (C=O) groups excluding carboxylic acids is 1. The average molecular weight is 326 g/mol. The minimum absolute atomic E-state index is 0.0543. The number of nitriles is 1. The predicted octanol–water partition coefficient (Wildman–Crippen LogP) is 4.77. The van der Waals surface area contributed by atoms with Crippen LogP contribution in [-0.4, -0.2) is 10.4 Å². The van der Waals surface area contributed by atoms with E-state index >= 15 is 0 Å². The summed E-state index contributed by atoms with van der Waals surface area (Å²) in [5, 5.41) is 9.07. The zero-order valence-corrected chi connectivity index (χ0v) is 14.2. The summed E-state index contributed by atoms with van der Waals surface area (Å²) >= 11 is 0. The van der Waals surface area contributed by atoms with Crippen LogP contribution in [0.3, 0.4) is 0 Å². The van der Waals surface area contributed by atoms with Crippen molar-refractivity contribution >= 4 is 11.9 Å². The summed E-state index contributed by atoms with van der Waals surface area (Å²) in [6, 6.07) is 21.6. The average Bonchev–Trinajstić information content (AvgIpc) is 2.94. The van der Waals surface area contributed by atoms with Gasteiger partial charge in [0.15, 0.2) is 5.78 Å². The van der Waals surface area contributed by atoms with Crippen LogP contribution in [0, 0.1) is 18.3 Å². The van der Waals surface area contributed by atoms with E-state index in [1.54, 1.807) is 18.2 Å². The SMILES string of the molecule is Cc1c(/C=C/C(=O)c2ccc(-c3ccccc3)cc2)cc(C#N)n1C. The Hall–Kier alpha value is -3.38. The molecule has 0 saturated heterocycles. The van der Waals surface area contributed by atoms with E-state index in [2.05, 4.69) is 6.07 Å². The van der Waals surface area contributed by atoms with E-state index in [1.165, 1.54) is 0 Å². The lowest BCUT2D eigenvalue weighted by atomic mass is 10.0. The molecule has 0 radical (unpaired) electrons. The summed E-state index contributed by atoms with van der Waals surface area (Å²) in [6.07, 6.45) is 3.32. The number of allylic oxidation sites excluding steroid dienone is 1. The van der Waals surface area contributed by atoms with Crippen LogP contribution in [0.15, 0.2) is 66.7 Å². The first kappa shape index (κ1) is 16.5. The van der Waals surface area contributed by atoms with Gasteiger partial charge in [0.05, 0.1) is 0 Å². The number of nitrogens with zero attached hydrogens (tertiary/aromatic N) is 2. The van der Waals surface area contributed by atoms with E-state index in [4.69, 9.17) is 5.26 Å². The van der Waals surface area contributed by atoms with Gasteiger partial charge in [-0.3, -0.25) is 4.79 Å². The number of ketones is 1. The Morgan fingerprint density at radius 3 is 2.28 bits per heavy atom. The van der Waals surface area contributed by atoms with Crippen LogP contribution in [0.4, 0.5) is 0 Å². The zero-order chi connectivity index (χ0) is 17.8. The Morgan fingerprint density at radius 2 is 1.68 bits per heavy atom. The van der Waals surface area contributed by atoms with Gasteiger partial charge in [0.1, 0.15) is 11.8 Å². The summed E-state index contributed by atoms with van der Waals surface area (Å²) in [6.45, 7) is 1.93. The van der Waals surface area contributed by atoms with Gasteiger partial charge in [-0.1, -0.05) is 54.6 Å². The van der Waals surface area contributed by atoms with Crippen molar-refractivity contribution in [3.63, 3.8) is 0 Å². The Kier molecular flexibility index (Phi) is 4.63. The van der Waals surface area contributed by atoms with Crippen LogP contribution in [-0.2, 0) is 7.05 Å². The van der Waals surface area contributed by atoms with Gasteiger partial charge < -0.3 is 4.57 Å². The largest absolute Gasteiger partial charge is 0.339 e. The molecule has 0 amide bonds. The fourth-order valence-corrected chi connectivity index (χ4v) is 2.72. The highest BCUT2D eigenvalue weighted by Crippen LogP contribution is 2.20. The van der Waals surface area contributed by atoms with Crippen molar-refractivity contribution in [2.24, 2.45) is 7.05 Å². The number of hydrogen-bond acceptors (Lipinski definition) is 2. The molecular formula is C22H18N2O. The predicted molar refractivity (Wildman–Crippen MR) is 100 cm³/mol. The highest BCUT2D eigenvalue weighted by atomic mass is 16.1. The molecule has 0 saturated carbocycles. The van der Waals surface area contributed by atoms with Gasteiger partial charge in [-0.05, 0) is 41.8 Å². The van der Waals surface area contributed by atoms with Crippen molar-refractivity contribution in [3.8, 4) is 17.2 Å². The lowest BCUT2D eigenvalue weighted by Crippen LogP contribution is -1.95. The molecule has 0 unspecified atom stereocenters. The number of rotatable bonds is 4. The summed E-state index contributed by atoms with van der Waals surface area (Å²) in [5.74, 6) is -0.0543. The number of benzene rings is 2. The first-order valence-electron chi connectivity index (χ1n) is 8.04. The maximum atomic E-state index is 12.4. The van der Waals surface area contributed by atoms with Crippen molar-refractivity contribution in [2.75, 3.05) is 0 Å². The van der Waals surface area contributed by atoms with Gasteiger partial charge in [0.2, 0.25) is 0 Å². The van der Waals surface area contributed by atoms with Gasteiger partial charge in [-0.15, -0.1) is 0 Å². The van der Waals surface area contributed by atoms with Crippen LogP contribution in [0.25, 0.3) is 17.2 Å². The molecule has 3 heteroatoms. The maximum Gasteiger partial charge on any atom is 0.185 e. The number of hydrogen-bond donors (Lipinski definition) is 0. The molecule has 0 atom stereocenters. The minimum atomic E-state index is -0.0543. The molecule has 122 valence electrons. The van der Waals surface area contributed by atoms with E-state index in [-0.39, 0.29) is 5.78 Å². The van der Waals surface area contributed by atoms with Gasteiger partial charge in [0.25, 0.3) is 0 Å². The molecule has 0 fully saturated rings. The van der Waals surface area contributed by atoms with Crippen molar-refractivity contribution < 1.29 is 4.79 Å². The molecule has 0 aliphatic carbocycles. The third kappa shape index (κ3) is 3.44. The first-order chi connectivity index (χ1) is 12.1. The Morgan fingerprint density at radius 1 is 1.04 bits per heavy atom. The molecular weight excluding hydrogens is 308 g/mol. The standard InChI is InChI=1S/C22H18N2O/c1-16-20(14-21(15-23)24(16)2)12-13-22(25)19-10-8-18(9-11-19)17-6-4-3-5-7-17/h3-14H,1-2H3/b13-12+.